The molecular formula is C10H11NO4. The zero-order chi connectivity index (χ0) is 10.8. The summed E-state index contributed by atoms with van der Waals surface area (Å²) in [5.74, 6) is -0.524. The average Bonchev–Trinajstić information content (AvgIpc) is 2.11. The van der Waals surface area contributed by atoms with Gasteiger partial charge in [0.2, 0.25) is 5.88 Å². The Bertz CT molecular complexity index is 387. The molecule has 15 heavy (non-hydrogen) atoms. The first kappa shape index (κ1) is 9.92. The molecule has 0 radical (unpaired) electrons. The van der Waals surface area contributed by atoms with Gasteiger partial charge in [-0.3, -0.25) is 0 Å². The van der Waals surface area contributed by atoms with E-state index in [1.165, 1.54) is 6.07 Å². The Kier molecular flexibility index (Phi) is 2.55. The van der Waals surface area contributed by atoms with Crippen LogP contribution in [-0.2, 0) is 4.74 Å². The molecule has 0 aliphatic carbocycles. The van der Waals surface area contributed by atoms with E-state index < -0.39 is 5.97 Å². The monoisotopic (exact) mass is 209 g/mol. The van der Waals surface area contributed by atoms with Crippen molar-refractivity contribution in [3.05, 3.63) is 23.4 Å². The fourth-order valence-electron chi connectivity index (χ4n) is 1.28. The molecule has 5 nitrogen and oxygen atoms in total. The Balaban J connectivity index is 2.13. The van der Waals surface area contributed by atoms with Crippen molar-refractivity contribution in [3.8, 4) is 5.88 Å². The summed E-state index contributed by atoms with van der Waals surface area (Å²) in [5.41, 5.74) is 0.660. The maximum atomic E-state index is 10.7. The quantitative estimate of drug-likeness (QED) is 0.799. The predicted octanol–water partition coefficient (Wildman–Crippen LogP) is 0.866. The number of nitrogens with zero attached hydrogens (tertiary/aromatic N) is 1. The highest BCUT2D eigenvalue weighted by molar-refractivity contribution is 5.88. The average molecular weight is 209 g/mol. The molecule has 1 N–H and O–H groups in total. The number of ether oxygens (including phenoxy) is 2. The minimum atomic E-state index is -0.974. The van der Waals surface area contributed by atoms with Crippen LogP contribution < -0.4 is 4.74 Å². The highest BCUT2D eigenvalue weighted by Gasteiger charge is 2.21. The molecule has 0 spiro atoms. The standard InChI is InChI=1S/C10H11NO4/c1-6-8(10(12)13)2-3-9(11-6)15-7-4-14-5-7/h2-3,7H,4-5H2,1H3,(H,12,13). The number of carbonyl (C=O) groups is 1. The van der Waals surface area contributed by atoms with Crippen LogP contribution in [0.5, 0.6) is 5.88 Å². The number of carboxylic acid groups (broad SMARTS) is 1. The Morgan fingerprint density at radius 1 is 1.60 bits per heavy atom. The highest BCUT2D eigenvalue weighted by Crippen LogP contribution is 2.16. The summed E-state index contributed by atoms with van der Waals surface area (Å²) in [5, 5.41) is 8.79. The maximum Gasteiger partial charge on any atom is 0.337 e. The van der Waals surface area contributed by atoms with E-state index in [2.05, 4.69) is 4.98 Å². The first-order valence-corrected chi connectivity index (χ1v) is 4.62. The van der Waals surface area contributed by atoms with Gasteiger partial charge >= 0.3 is 5.97 Å². The lowest BCUT2D eigenvalue weighted by Crippen LogP contribution is -2.38. The Morgan fingerprint density at radius 2 is 2.33 bits per heavy atom. The minimum Gasteiger partial charge on any atom is -0.478 e. The van der Waals surface area contributed by atoms with Crippen LogP contribution in [0.2, 0.25) is 0 Å². The van der Waals surface area contributed by atoms with Gasteiger partial charge in [0.25, 0.3) is 0 Å². The van der Waals surface area contributed by atoms with Crippen molar-refractivity contribution < 1.29 is 19.4 Å². The molecule has 2 rings (SSSR count). The Morgan fingerprint density at radius 3 is 2.80 bits per heavy atom. The van der Waals surface area contributed by atoms with Gasteiger partial charge in [-0.25, -0.2) is 9.78 Å². The van der Waals surface area contributed by atoms with Gasteiger partial charge < -0.3 is 14.6 Å². The third kappa shape index (κ3) is 2.07. The predicted molar refractivity (Wildman–Crippen MR) is 51.2 cm³/mol. The topological polar surface area (TPSA) is 68.7 Å². The third-order valence-electron chi connectivity index (χ3n) is 2.19. The molecule has 0 unspecified atom stereocenters. The number of rotatable bonds is 3. The number of hydrogen-bond acceptors (Lipinski definition) is 4. The molecule has 1 saturated heterocycles. The van der Waals surface area contributed by atoms with Crippen molar-refractivity contribution in [2.75, 3.05) is 13.2 Å². The van der Waals surface area contributed by atoms with Crippen molar-refractivity contribution in [1.29, 1.82) is 0 Å². The van der Waals surface area contributed by atoms with Gasteiger partial charge in [-0.05, 0) is 13.0 Å². The summed E-state index contributed by atoms with van der Waals surface area (Å²) in [6, 6.07) is 3.06. The number of pyridine rings is 1. The van der Waals surface area contributed by atoms with Crippen molar-refractivity contribution in [1.82, 2.24) is 4.98 Å². The van der Waals surface area contributed by atoms with Gasteiger partial charge in [0.05, 0.1) is 24.5 Å². The fourth-order valence-corrected chi connectivity index (χ4v) is 1.28. The molecule has 0 atom stereocenters. The number of aromatic nitrogens is 1. The summed E-state index contributed by atoms with van der Waals surface area (Å²) in [7, 11) is 0. The summed E-state index contributed by atoms with van der Waals surface area (Å²) < 4.78 is 10.4. The molecule has 1 aromatic rings. The smallest absolute Gasteiger partial charge is 0.337 e. The van der Waals surface area contributed by atoms with E-state index in [1.54, 1.807) is 13.0 Å². The van der Waals surface area contributed by atoms with Crippen molar-refractivity contribution >= 4 is 5.97 Å². The molecular weight excluding hydrogens is 198 g/mol. The van der Waals surface area contributed by atoms with Crippen molar-refractivity contribution in [3.63, 3.8) is 0 Å². The van der Waals surface area contributed by atoms with Crippen LogP contribution in [0, 0.1) is 6.92 Å². The molecule has 0 amide bonds. The van der Waals surface area contributed by atoms with Gasteiger partial charge in [0, 0.05) is 6.07 Å². The van der Waals surface area contributed by atoms with Gasteiger partial charge in [0.1, 0.15) is 6.10 Å². The molecule has 1 aliphatic heterocycles. The van der Waals surface area contributed by atoms with Crippen LogP contribution in [0.15, 0.2) is 12.1 Å². The second-order valence-electron chi connectivity index (χ2n) is 3.36. The lowest BCUT2D eigenvalue weighted by molar-refractivity contribution is -0.0813. The molecule has 5 heteroatoms. The van der Waals surface area contributed by atoms with Crippen LogP contribution in [0.25, 0.3) is 0 Å². The van der Waals surface area contributed by atoms with E-state index in [1.807, 2.05) is 0 Å². The lowest BCUT2D eigenvalue weighted by Gasteiger charge is -2.26. The van der Waals surface area contributed by atoms with Crippen molar-refractivity contribution in [2.24, 2.45) is 0 Å². The minimum absolute atomic E-state index is 0.0487. The van der Waals surface area contributed by atoms with E-state index in [9.17, 15) is 4.79 Å². The third-order valence-corrected chi connectivity index (χ3v) is 2.19. The van der Waals surface area contributed by atoms with Gasteiger partial charge in [0.15, 0.2) is 0 Å². The molecule has 1 aromatic heterocycles. The largest absolute Gasteiger partial charge is 0.478 e. The molecule has 0 saturated carbocycles. The Hall–Kier alpha value is -1.62. The van der Waals surface area contributed by atoms with Crippen LogP contribution in [0.3, 0.4) is 0 Å². The van der Waals surface area contributed by atoms with Crippen LogP contribution >= 0.6 is 0 Å². The molecule has 0 aromatic carbocycles. The zero-order valence-electron chi connectivity index (χ0n) is 8.27. The SMILES string of the molecule is Cc1nc(OC2COC2)ccc1C(=O)O. The van der Waals surface area contributed by atoms with E-state index in [-0.39, 0.29) is 11.7 Å². The zero-order valence-corrected chi connectivity index (χ0v) is 8.27. The second-order valence-corrected chi connectivity index (χ2v) is 3.36. The number of carboxylic acids is 1. The van der Waals surface area contributed by atoms with E-state index in [4.69, 9.17) is 14.6 Å². The molecule has 2 heterocycles. The summed E-state index contributed by atoms with van der Waals surface area (Å²) >= 11 is 0. The van der Waals surface area contributed by atoms with Crippen LogP contribution in [-0.4, -0.2) is 35.4 Å². The molecule has 80 valence electrons. The normalized spacial score (nSPS) is 15.8. The molecule has 1 aliphatic rings. The van der Waals surface area contributed by atoms with Crippen LogP contribution in [0.4, 0.5) is 0 Å². The lowest BCUT2D eigenvalue weighted by atomic mass is 10.2. The fraction of sp³-hybridized carbons (Fsp3) is 0.400. The van der Waals surface area contributed by atoms with Crippen LogP contribution in [0.1, 0.15) is 16.1 Å². The Labute approximate surface area is 86.7 Å². The summed E-state index contributed by atoms with van der Waals surface area (Å²) in [6.45, 7) is 2.79. The van der Waals surface area contributed by atoms with E-state index in [0.717, 1.165) is 0 Å². The first-order chi connectivity index (χ1) is 7.16. The highest BCUT2D eigenvalue weighted by atomic mass is 16.6. The van der Waals surface area contributed by atoms with E-state index in [0.29, 0.717) is 24.8 Å². The second kappa shape index (κ2) is 3.86. The van der Waals surface area contributed by atoms with E-state index >= 15 is 0 Å². The molecule has 0 bridgehead atoms. The number of hydrogen-bond donors (Lipinski definition) is 1. The van der Waals surface area contributed by atoms with Gasteiger partial charge in [-0.2, -0.15) is 0 Å². The molecule has 1 fully saturated rings. The number of aromatic carboxylic acids is 1. The number of aryl methyl sites for hydroxylation is 1. The van der Waals surface area contributed by atoms with Crippen molar-refractivity contribution in [2.45, 2.75) is 13.0 Å². The summed E-state index contributed by atoms with van der Waals surface area (Å²) in [6.07, 6.45) is 0.0487. The van der Waals surface area contributed by atoms with Gasteiger partial charge in [-0.15, -0.1) is 0 Å². The first-order valence-electron chi connectivity index (χ1n) is 4.62. The maximum absolute atomic E-state index is 10.7. The van der Waals surface area contributed by atoms with Gasteiger partial charge in [-0.1, -0.05) is 0 Å². The summed E-state index contributed by atoms with van der Waals surface area (Å²) in [4.78, 5) is 14.8.